The summed E-state index contributed by atoms with van der Waals surface area (Å²) in [4.78, 5) is 14.0. The quantitative estimate of drug-likeness (QED) is 0.828. The SMILES string of the molecule is CN(CC1CCCOC1)C(=O)CSC1CCNCC1. The van der Waals surface area contributed by atoms with Crippen molar-refractivity contribution in [2.24, 2.45) is 5.92 Å². The van der Waals surface area contributed by atoms with Gasteiger partial charge in [-0.2, -0.15) is 0 Å². The van der Waals surface area contributed by atoms with Crippen LogP contribution in [0.3, 0.4) is 0 Å². The number of piperidine rings is 1. The molecule has 0 saturated carbocycles. The van der Waals surface area contributed by atoms with E-state index in [-0.39, 0.29) is 5.91 Å². The van der Waals surface area contributed by atoms with Gasteiger partial charge in [-0.25, -0.2) is 0 Å². The van der Waals surface area contributed by atoms with E-state index in [9.17, 15) is 4.79 Å². The number of carbonyl (C=O) groups is 1. The largest absolute Gasteiger partial charge is 0.381 e. The fourth-order valence-corrected chi connectivity index (χ4v) is 3.87. The van der Waals surface area contributed by atoms with Gasteiger partial charge >= 0.3 is 0 Å². The van der Waals surface area contributed by atoms with Crippen molar-refractivity contribution < 1.29 is 9.53 Å². The van der Waals surface area contributed by atoms with Crippen molar-refractivity contribution in [3.05, 3.63) is 0 Å². The molecule has 0 aromatic carbocycles. The molecule has 1 atom stereocenters. The molecule has 0 aromatic heterocycles. The second kappa shape index (κ2) is 8.12. The molecule has 2 rings (SSSR count). The standard InChI is InChI=1S/C14H26N2O2S/c1-16(9-12-3-2-8-18-10-12)14(17)11-19-13-4-6-15-7-5-13/h12-13,15H,2-11H2,1H3. The molecule has 0 bridgehead atoms. The number of nitrogens with zero attached hydrogens (tertiary/aromatic N) is 1. The van der Waals surface area contributed by atoms with Crippen LogP contribution in [0.4, 0.5) is 0 Å². The molecule has 2 saturated heterocycles. The number of hydrogen-bond donors (Lipinski definition) is 1. The van der Waals surface area contributed by atoms with Crippen LogP contribution in [0.25, 0.3) is 0 Å². The summed E-state index contributed by atoms with van der Waals surface area (Å²) >= 11 is 1.83. The van der Waals surface area contributed by atoms with Gasteiger partial charge in [-0.3, -0.25) is 4.79 Å². The molecule has 2 aliphatic heterocycles. The lowest BCUT2D eigenvalue weighted by atomic mass is 10.0. The average Bonchev–Trinajstić information content (AvgIpc) is 2.47. The Hall–Kier alpha value is -0.260. The van der Waals surface area contributed by atoms with E-state index in [0.717, 1.165) is 39.3 Å². The summed E-state index contributed by atoms with van der Waals surface area (Å²) in [5, 5.41) is 4.02. The number of hydrogen-bond acceptors (Lipinski definition) is 4. The highest BCUT2D eigenvalue weighted by atomic mass is 32.2. The van der Waals surface area contributed by atoms with Gasteiger partial charge in [0, 0.05) is 25.4 Å². The number of ether oxygens (including phenoxy) is 1. The Morgan fingerprint density at radius 3 is 2.84 bits per heavy atom. The van der Waals surface area contributed by atoms with Crippen LogP contribution in [-0.4, -0.2) is 61.7 Å². The minimum absolute atomic E-state index is 0.272. The van der Waals surface area contributed by atoms with E-state index in [0.29, 0.717) is 16.9 Å². The lowest BCUT2D eigenvalue weighted by Crippen LogP contribution is -2.37. The smallest absolute Gasteiger partial charge is 0.232 e. The van der Waals surface area contributed by atoms with Crippen LogP contribution in [0.5, 0.6) is 0 Å². The lowest BCUT2D eigenvalue weighted by molar-refractivity contribution is -0.128. The second-order valence-electron chi connectivity index (χ2n) is 5.62. The van der Waals surface area contributed by atoms with Crippen LogP contribution in [0.1, 0.15) is 25.7 Å². The molecule has 0 aromatic rings. The topological polar surface area (TPSA) is 41.6 Å². The van der Waals surface area contributed by atoms with E-state index in [1.807, 2.05) is 23.7 Å². The lowest BCUT2D eigenvalue weighted by Gasteiger charge is -2.28. The molecular formula is C14H26N2O2S. The van der Waals surface area contributed by atoms with E-state index in [2.05, 4.69) is 5.32 Å². The highest BCUT2D eigenvalue weighted by molar-refractivity contribution is 8.00. The third-order valence-electron chi connectivity index (χ3n) is 3.94. The molecule has 19 heavy (non-hydrogen) atoms. The minimum Gasteiger partial charge on any atom is -0.381 e. The van der Waals surface area contributed by atoms with Gasteiger partial charge < -0.3 is 15.0 Å². The van der Waals surface area contributed by atoms with Gasteiger partial charge in [-0.05, 0) is 44.7 Å². The monoisotopic (exact) mass is 286 g/mol. The molecule has 1 amide bonds. The zero-order chi connectivity index (χ0) is 13.5. The third kappa shape index (κ3) is 5.32. The number of carbonyl (C=O) groups excluding carboxylic acids is 1. The van der Waals surface area contributed by atoms with Crippen molar-refractivity contribution in [1.82, 2.24) is 10.2 Å². The van der Waals surface area contributed by atoms with Gasteiger partial charge in [-0.1, -0.05) is 0 Å². The second-order valence-corrected chi connectivity index (χ2v) is 6.91. The predicted molar refractivity (Wildman–Crippen MR) is 79.5 cm³/mol. The van der Waals surface area contributed by atoms with E-state index < -0.39 is 0 Å². The zero-order valence-corrected chi connectivity index (χ0v) is 12.7. The fourth-order valence-electron chi connectivity index (χ4n) is 2.70. The molecule has 2 heterocycles. The van der Waals surface area contributed by atoms with Gasteiger partial charge in [0.25, 0.3) is 0 Å². The molecule has 2 fully saturated rings. The summed E-state index contributed by atoms with van der Waals surface area (Å²) in [6, 6.07) is 0. The Kier molecular flexibility index (Phi) is 6.47. The minimum atomic E-state index is 0.272. The molecular weight excluding hydrogens is 260 g/mol. The van der Waals surface area contributed by atoms with Crippen molar-refractivity contribution in [1.29, 1.82) is 0 Å². The van der Waals surface area contributed by atoms with Crippen LogP contribution >= 0.6 is 11.8 Å². The van der Waals surface area contributed by atoms with Crippen molar-refractivity contribution in [3.8, 4) is 0 Å². The van der Waals surface area contributed by atoms with Gasteiger partial charge in [0.2, 0.25) is 5.91 Å². The van der Waals surface area contributed by atoms with Crippen molar-refractivity contribution in [3.63, 3.8) is 0 Å². The summed E-state index contributed by atoms with van der Waals surface area (Å²) in [6.45, 7) is 4.76. The first-order chi connectivity index (χ1) is 9.25. The number of rotatable bonds is 5. The Balaban J connectivity index is 1.63. The number of nitrogens with one attached hydrogen (secondary N) is 1. The molecule has 0 spiro atoms. The Morgan fingerprint density at radius 1 is 1.37 bits per heavy atom. The van der Waals surface area contributed by atoms with E-state index in [1.54, 1.807) is 0 Å². The molecule has 0 aliphatic carbocycles. The van der Waals surface area contributed by atoms with E-state index >= 15 is 0 Å². The molecule has 1 unspecified atom stereocenters. The normalized spacial score (nSPS) is 25.2. The highest BCUT2D eigenvalue weighted by Gasteiger charge is 2.20. The van der Waals surface area contributed by atoms with Crippen LogP contribution in [0, 0.1) is 5.92 Å². The van der Waals surface area contributed by atoms with Gasteiger partial charge in [0.05, 0.1) is 12.4 Å². The van der Waals surface area contributed by atoms with Crippen molar-refractivity contribution in [2.75, 3.05) is 45.6 Å². The molecule has 2 aliphatic rings. The Morgan fingerprint density at radius 2 is 2.16 bits per heavy atom. The highest BCUT2D eigenvalue weighted by Crippen LogP contribution is 2.21. The molecule has 1 N–H and O–H groups in total. The molecule has 5 heteroatoms. The fraction of sp³-hybridized carbons (Fsp3) is 0.929. The molecule has 4 nitrogen and oxygen atoms in total. The Labute approximate surface area is 120 Å². The first kappa shape index (κ1) is 15.1. The van der Waals surface area contributed by atoms with Crippen molar-refractivity contribution >= 4 is 17.7 Å². The van der Waals surface area contributed by atoms with Gasteiger partial charge in [0.15, 0.2) is 0 Å². The summed E-state index contributed by atoms with van der Waals surface area (Å²) in [7, 11) is 1.93. The van der Waals surface area contributed by atoms with E-state index in [4.69, 9.17) is 4.74 Å². The van der Waals surface area contributed by atoms with Crippen LogP contribution < -0.4 is 5.32 Å². The van der Waals surface area contributed by atoms with Gasteiger partial charge in [0.1, 0.15) is 0 Å². The first-order valence-corrected chi connectivity index (χ1v) is 8.44. The molecule has 0 radical (unpaired) electrons. The third-order valence-corrected chi connectivity index (χ3v) is 5.30. The molecule has 110 valence electrons. The maximum atomic E-state index is 12.1. The van der Waals surface area contributed by atoms with Crippen molar-refractivity contribution in [2.45, 2.75) is 30.9 Å². The average molecular weight is 286 g/mol. The summed E-state index contributed by atoms with van der Waals surface area (Å²) in [6.07, 6.45) is 4.71. The Bertz CT molecular complexity index is 277. The van der Waals surface area contributed by atoms with Gasteiger partial charge in [-0.15, -0.1) is 11.8 Å². The summed E-state index contributed by atoms with van der Waals surface area (Å²) in [5.41, 5.74) is 0. The number of amides is 1. The predicted octanol–water partition coefficient (Wildman–Crippen LogP) is 1.36. The summed E-state index contributed by atoms with van der Waals surface area (Å²) in [5.74, 6) is 1.44. The summed E-state index contributed by atoms with van der Waals surface area (Å²) < 4.78 is 5.47. The van der Waals surface area contributed by atoms with Crippen LogP contribution in [0.15, 0.2) is 0 Å². The van der Waals surface area contributed by atoms with E-state index in [1.165, 1.54) is 19.3 Å². The maximum Gasteiger partial charge on any atom is 0.232 e. The zero-order valence-electron chi connectivity index (χ0n) is 11.9. The van der Waals surface area contributed by atoms with Crippen LogP contribution in [-0.2, 0) is 9.53 Å². The first-order valence-electron chi connectivity index (χ1n) is 7.39. The maximum absolute atomic E-state index is 12.1. The number of thioether (sulfide) groups is 1. The van der Waals surface area contributed by atoms with Crippen LogP contribution in [0.2, 0.25) is 0 Å².